The molecule has 4 N–H and O–H groups in total. The number of methoxy groups -OCH3 is 2. The normalized spacial score (nSPS) is 10.6. The number of nitrogens with two attached hydrogens (primary N) is 1. The quantitative estimate of drug-likeness (QED) is 0.429. The van der Waals surface area contributed by atoms with Gasteiger partial charge in [0.1, 0.15) is 17.6 Å². The average Bonchev–Trinajstić information content (AvgIpc) is 2.61. The topological polar surface area (TPSA) is 117 Å². The predicted molar refractivity (Wildman–Crippen MR) is 93.6 cm³/mol. The van der Waals surface area contributed by atoms with Crippen LogP contribution in [0.5, 0.6) is 11.5 Å². The number of rotatable bonds is 6. The van der Waals surface area contributed by atoms with Crippen LogP contribution < -0.4 is 20.6 Å². The summed E-state index contributed by atoms with van der Waals surface area (Å²) in [4.78, 5) is 0. The van der Waals surface area contributed by atoms with E-state index < -0.39 is 5.84 Å². The Balaban J connectivity index is 2.35. The lowest BCUT2D eigenvalue weighted by molar-refractivity contribution is 0.395. The molecule has 0 saturated carbocycles. The van der Waals surface area contributed by atoms with Crippen molar-refractivity contribution in [2.24, 2.45) is 10.8 Å². The molecule has 7 heteroatoms. The monoisotopic (exact) mass is 323 g/mol. The van der Waals surface area contributed by atoms with Crippen molar-refractivity contribution in [3.63, 3.8) is 0 Å². The maximum atomic E-state index is 8.85. The largest absolute Gasteiger partial charge is 0.497 e. The van der Waals surface area contributed by atoms with Crippen molar-refractivity contribution in [2.45, 2.75) is 0 Å². The highest BCUT2D eigenvalue weighted by atomic mass is 16.5. The molecular weight excluding hydrogens is 306 g/mol. The molecule has 0 saturated heterocycles. The summed E-state index contributed by atoms with van der Waals surface area (Å²) in [5, 5.41) is 19.9. The Morgan fingerprint density at radius 2 is 2.00 bits per heavy atom. The van der Waals surface area contributed by atoms with Gasteiger partial charge in [-0.2, -0.15) is 10.4 Å². The van der Waals surface area contributed by atoms with Crippen LogP contribution >= 0.6 is 0 Å². The maximum absolute atomic E-state index is 8.85. The first-order chi connectivity index (χ1) is 11.6. The first-order valence-electron chi connectivity index (χ1n) is 6.99. The van der Waals surface area contributed by atoms with E-state index in [1.807, 2.05) is 30.3 Å². The zero-order valence-electron chi connectivity index (χ0n) is 13.3. The lowest BCUT2D eigenvalue weighted by Gasteiger charge is -2.11. The van der Waals surface area contributed by atoms with Crippen molar-refractivity contribution in [1.29, 1.82) is 10.7 Å². The molecule has 24 heavy (non-hydrogen) atoms. The summed E-state index contributed by atoms with van der Waals surface area (Å²) in [6.45, 7) is 0. The van der Waals surface area contributed by atoms with Gasteiger partial charge in [-0.1, -0.05) is 12.1 Å². The van der Waals surface area contributed by atoms with Crippen molar-refractivity contribution in [1.82, 2.24) is 0 Å². The van der Waals surface area contributed by atoms with Gasteiger partial charge in [-0.05, 0) is 29.8 Å². The van der Waals surface area contributed by atoms with Crippen LogP contribution in [0.25, 0.3) is 11.1 Å². The van der Waals surface area contributed by atoms with Crippen LogP contribution in [-0.2, 0) is 0 Å². The van der Waals surface area contributed by atoms with Gasteiger partial charge in [0.05, 0.1) is 19.9 Å². The van der Waals surface area contributed by atoms with E-state index in [0.717, 1.165) is 11.1 Å². The number of hydrogen-bond donors (Lipinski definition) is 3. The minimum absolute atomic E-state index is 0.178. The van der Waals surface area contributed by atoms with Crippen LogP contribution in [0.4, 0.5) is 5.69 Å². The number of ether oxygens (including phenoxy) is 2. The Morgan fingerprint density at radius 3 is 2.62 bits per heavy atom. The third kappa shape index (κ3) is 3.81. The third-order valence-electron chi connectivity index (χ3n) is 3.24. The lowest BCUT2D eigenvalue weighted by Crippen LogP contribution is -2.21. The van der Waals surface area contributed by atoms with E-state index in [1.165, 1.54) is 0 Å². The summed E-state index contributed by atoms with van der Waals surface area (Å²) in [5.74, 6) is 0.990. The van der Waals surface area contributed by atoms with Gasteiger partial charge in [0.25, 0.3) is 0 Å². The molecule has 0 aliphatic rings. The molecule has 0 bridgehead atoms. The summed E-state index contributed by atoms with van der Waals surface area (Å²) in [6.07, 6.45) is 0. The summed E-state index contributed by atoms with van der Waals surface area (Å²) in [7, 11) is 3.19. The zero-order chi connectivity index (χ0) is 17.5. The molecular formula is C17H17N5O2. The molecule has 0 unspecified atom stereocenters. The molecule has 0 radical (unpaired) electrons. The van der Waals surface area contributed by atoms with E-state index in [-0.39, 0.29) is 5.71 Å². The minimum atomic E-state index is -0.391. The van der Waals surface area contributed by atoms with Crippen molar-refractivity contribution < 1.29 is 9.47 Å². The van der Waals surface area contributed by atoms with E-state index in [9.17, 15) is 0 Å². The fourth-order valence-electron chi connectivity index (χ4n) is 2.06. The van der Waals surface area contributed by atoms with Crippen molar-refractivity contribution >= 4 is 17.2 Å². The van der Waals surface area contributed by atoms with Crippen molar-refractivity contribution in [3.05, 3.63) is 42.5 Å². The van der Waals surface area contributed by atoms with Gasteiger partial charge >= 0.3 is 0 Å². The average molecular weight is 323 g/mol. The molecule has 0 fully saturated rings. The van der Waals surface area contributed by atoms with E-state index >= 15 is 0 Å². The SMILES string of the molecule is COc1ccc(-c2cccc(N/N=C(\C#N)C(=N)N)c2)c(OC)c1. The van der Waals surface area contributed by atoms with Gasteiger partial charge in [-0.3, -0.25) is 10.8 Å². The highest BCUT2D eigenvalue weighted by Crippen LogP contribution is 2.34. The molecule has 7 nitrogen and oxygen atoms in total. The van der Waals surface area contributed by atoms with Gasteiger partial charge in [-0.25, -0.2) is 0 Å². The number of hydrazone groups is 1. The number of nitrogens with zero attached hydrogens (tertiary/aromatic N) is 2. The summed E-state index contributed by atoms with van der Waals surface area (Å²) in [6, 6.07) is 14.7. The number of hydrogen-bond acceptors (Lipinski definition) is 6. The molecule has 0 aliphatic carbocycles. The number of nitrogens with one attached hydrogen (secondary N) is 2. The third-order valence-corrected chi connectivity index (χ3v) is 3.24. The van der Waals surface area contributed by atoms with Crippen molar-refractivity contribution in [3.8, 4) is 28.7 Å². The van der Waals surface area contributed by atoms with Crippen LogP contribution in [0.15, 0.2) is 47.6 Å². The number of nitriles is 1. The van der Waals surface area contributed by atoms with E-state index in [2.05, 4.69) is 10.5 Å². The highest BCUT2D eigenvalue weighted by molar-refractivity contribution is 6.45. The van der Waals surface area contributed by atoms with Crippen LogP contribution in [0, 0.1) is 16.7 Å². The standard InChI is InChI=1S/C17H17N5O2/c1-23-13-6-7-14(16(9-13)24-2)11-4-3-5-12(8-11)21-22-15(10-18)17(19)20/h3-9,21H,1-2H3,(H3,19,20)/b22-15+. The molecule has 2 aromatic rings. The van der Waals surface area contributed by atoms with Gasteiger partial charge in [0.2, 0.25) is 5.71 Å². The lowest BCUT2D eigenvalue weighted by atomic mass is 10.0. The molecule has 2 rings (SSSR count). The molecule has 0 atom stereocenters. The van der Waals surface area contributed by atoms with E-state index in [4.69, 9.17) is 25.9 Å². The van der Waals surface area contributed by atoms with Crippen LogP contribution in [-0.4, -0.2) is 25.8 Å². The second kappa shape index (κ2) is 7.65. The van der Waals surface area contributed by atoms with E-state index in [1.54, 1.807) is 32.4 Å². The predicted octanol–water partition coefficient (Wildman–Crippen LogP) is 2.60. The number of anilines is 1. The van der Waals surface area contributed by atoms with Gasteiger partial charge in [-0.15, -0.1) is 0 Å². The number of benzene rings is 2. The van der Waals surface area contributed by atoms with Gasteiger partial charge < -0.3 is 15.2 Å². The zero-order valence-corrected chi connectivity index (χ0v) is 13.3. The Bertz CT molecular complexity index is 824. The summed E-state index contributed by atoms with van der Waals surface area (Å²) < 4.78 is 10.6. The molecule has 0 amide bonds. The van der Waals surface area contributed by atoms with Crippen LogP contribution in [0.1, 0.15) is 0 Å². The number of amidine groups is 1. The first-order valence-corrected chi connectivity index (χ1v) is 6.99. The first kappa shape index (κ1) is 16.8. The minimum Gasteiger partial charge on any atom is -0.497 e. The molecule has 0 aromatic heterocycles. The second-order valence-electron chi connectivity index (χ2n) is 4.74. The molecule has 0 spiro atoms. The fourth-order valence-corrected chi connectivity index (χ4v) is 2.06. The van der Waals surface area contributed by atoms with Gasteiger partial charge in [0.15, 0.2) is 5.84 Å². The maximum Gasteiger partial charge on any atom is 0.201 e. The Kier molecular flexibility index (Phi) is 5.36. The molecule has 2 aromatic carbocycles. The Morgan fingerprint density at radius 1 is 1.21 bits per heavy atom. The molecule has 0 heterocycles. The second-order valence-corrected chi connectivity index (χ2v) is 4.74. The summed E-state index contributed by atoms with van der Waals surface area (Å²) >= 11 is 0. The smallest absolute Gasteiger partial charge is 0.201 e. The van der Waals surface area contributed by atoms with Crippen LogP contribution in [0.2, 0.25) is 0 Å². The van der Waals surface area contributed by atoms with Crippen LogP contribution in [0.3, 0.4) is 0 Å². The van der Waals surface area contributed by atoms with E-state index in [0.29, 0.717) is 17.2 Å². The summed E-state index contributed by atoms with van der Waals surface area (Å²) in [5.41, 5.74) is 10.2. The highest BCUT2D eigenvalue weighted by Gasteiger charge is 2.08. The van der Waals surface area contributed by atoms with Gasteiger partial charge in [0, 0.05) is 11.6 Å². The van der Waals surface area contributed by atoms with Crippen molar-refractivity contribution in [2.75, 3.05) is 19.6 Å². The Labute approximate surface area is 139 Å². The molecule has 122 valence electrons. The fraction of sp³-hybridized carbons (Fsp3) is 0.118. The molecule has 0 aliphatic heterocycles. The Hall–Kier alpha value is -3.53.